The van der Waals surface area contributed by atoms with Gasteiger partial charge in [0.05, 0.1) is 6.61 Å². The quantitative estimate of drug-likeness (QED) is 0.685. The van der Waals surface area contributed by atoms with Crippen molar-refractivity contribution in [2.45, 2.75) is 19.4 Å². The van der Waals surface area contributed by atoms with Crippen LogP contribution in [-0.4, -0.2) is 74.4 Å². The minimum Gasteiger partial charge on any atom is -0.483 e. The smallest absolute Gasteiger partial charge is 0.317 e. The molecule has 1 aliphatic rings. The molecule has 1 aromatic carbocycles. The number of methoxy groups -OCH3 is 1. The van der Waals surface area contributed by atoms with Gasteiger partial charge in [-0.25, -0.2) is 13.6 Å². The lowest BCUT2D eigenvalue weighted by atomic mass is 9.97. The van der Waals surface area contributed by atoms with E-state index in [0.717, 1.165) is 38.5 Å². The number of carbonyl (C=O) groups excluding carboxylic acids is 1. The molecular weight excluding hydrogens is 372 g/mol. The van der Waals surface area contributed by atoms with Crippen molar-refractivity contribution in [3.8, 4) is 0 Å². The number of piperidine rings is 1. The van der Waals surface area contributed by atoms with Crippen molar-refractivity contribution >= 4 is 12.5 Å². The molecular formula is C19H29F2N3O4. The van der Waals surface area contributed by atoms with Crippen LogP contribution in [0.25, 0.3) is 0 Å². The summed E-state index contributed by atoms with van der Waals surface area (Å²) in [5.74, 6) is -1.41. The Morgan fingerprint density at radius 3 is 2.86 bits per heavy atom. The Morgan fingerprint density at radius 2 is 2.18 bits per heavy atom. The van der Waals surface area contributed by atoms with Crippen molar-refractivity contribution in [2.24, 2.45) is 5.92 Å². The highest BCUT2D eigenvalue weighted by Crippen LogP contribution is 2.17. The third-order valence-electron chi connectivity index (χ3n) is 4.56. The number of benzene rings is 1. The number of urea groups is 1. The van der Waals surface area contributed by atoms with Crippen molar-refractivity contribution in [3.05, 3.63) is 35.4 Å². The first-order chi connectivity index (χ1) is 13.4. The summed E-state index contributed by atoms with van der Waals surface area (Å²) >= 11 is 0. The van der Waals surface area contributed by atoms with Gasteiger partial charge in [0.15, 0.2) is 11.6 Å². The number of rotatable bonds is 7. The SMILES string of the molecule is COCCN1CCCC(CN(C)C(=O)NCc2cccc(F)c2F)C1.O=CO. The van der Waals surface area contributed by atoms with Crippen LogP contribution in [0.2, 0.25) is 0 Å². The predicted molar refractivity (Wildman–Crippen MR) is 101 cm³/mol. The molecule has 0 spiro atoms. The van der Waals surface area contributed by atoms with Crippen LogP contribution in [0, 0.1) is 17.6 Å². The average molecular weight is 401 g/mol. The Kier molecular flexibility index (Phi) is 11.0. The standard InChI is InChI=1S/C18H27F2N3O2.CH2O2/c1-22(12-14-5-4-8-23(13-14)9-10-25-2)18(24)21-11-15-6-3-7-16(19)17(15)20;2-1-3/h3,6-7,14H,4-5,8-13H2,1-2H3,(H,21,24);1H,(H,2,3). The Morgan fingerprint density at radius 1 is 1.46 bits per heavy atom. The highest BCUT2D eigenvalue weighted by molar-refractivity contribution is 5.73. The molecule has 0 saturated carbocycles. The van der Waals surface area contributed by atoms with Crippen molar-refractivity contribution in [1.82, 2.24) is 15.1 Å². The summed E-state index contributed by atoms with van der Waals surface area (Å²) in [4.78, 5) is 24.5. The molecule has 7 nitrogen and oxygen atoms in total. The van der Waals surface area contributed by atoms with Crippen LogP contribution in [0.1, 0.15) is 18.4 Å². The number of nitrogens with zero attached hydrogens (tertiary/aromatic N) is 2. The first-order valence-corrected chi connectivity index (χ1v) is 9.13. The van der Waals surface area contributed by atoms with E-state index in [4.69, 9.17) is 14.6 Å². The molecule has 0 aromatic heterocycles. The van der Waals surface area contributed by atoms with E-state index in [1.165, 1.54) is 12.1 Å². The Labute approximate surface area is 164 Å². The van der Waals surface area contributed by atoms with E-state index in [1.54, 1.807) is 19.1 Å². The molecule has 2 amide bonds. The van der Waals surface area contributed by atoms with E-state index in [0.29, 0.717) is 19.1 Å². The van der Waals surface area contributed by atoms with Crippen molar-refractivity contribution in [1.29, 1.82) is 0 Å². The second kappa shape index (κ2) is 13.0. The maximum absolute atomic E-state index is 13.6. The normalized spacial score (nSPS) is 16.6. The molecule has 2 N–H and O–H groups in total. The molecule has 1 fully saturated rings. The Balaban J connectivity index is 0.00000122. The maximum atomic E-state index is 13.6. The molecule has 1 atom stereocenters. The van der Waals surface area contributed by atoms with Gasteiger partial charge in [0.2, 0.25) is 0 Å². The number of halogens is 2. The fourth-order valence-corrected chi connectivity index (χ4v) is 3.18. The third kappa shape index (κ3) is 8.18. The van der Waals surface area contributed by atoms with Crippen LogP contribution in [-0.2, 0) is 16.1 Å². The summed E-state index contributed by atoms with van der Waals surface area (Å²) < 4.78 is 31.9. The Hall–Kier alpha value is -2.26. The minimum atomic E-state index is -0.911. The largest absolute Gasteiger partial charge is 0.483 e. The zero-order valence-corrected chi connectivity index (χ0v) is 16.4. The lowest BCUT2D eigenvalue weighted by molar-refractivity contribution is -0.122. The van der Waals surface area contributed by atoms with Gasteiger partial charge in [-0.1, -0.05) is 12.1 Å². The minimum absolute atomic E-state index is 0.0304. The van der Waals surface area contributed by atoms with E-state index in [2.05, 4.69) is 10.2 Å². The van der Waals surface area contributed by atoms with Crippen LogP contribution >= 0.6 is 0 Å². The van der Waals surface area contributed by atoms with Crippen LogP contribution in [0.5, 0.6) is 0 Å². The second-order valence-corrected chi connectivity index (χ2v) is 6.66. The van der Waals surface area contributed by atoms with Crippen LogP contribution in [0.3, 0.4) is 0 Å². The number of nitrogens with one attached hydrogen (secondary N) is 1. The average Bonchev–Trinajstić information content (AvgIpc) is 2.68. The topological polar surface area (TPSA) is 82.1 Å². The summed E-state index contributed by atoms with van der Waals surface area (Å²) in [5, 5.41) is 9.54. The van der Waals surface area contributed by atoms with Crippen molar-refractivity contribution in [2.75, 3.05) is 46.9 Å². The molecule has 0 bridgehead atoms. The zero-order valence-electron chi connectivity index (χ0n) is 16.4. The maximum Gasteiger partial charge on any atom is 0.317 e. The van der Waals surface area contributed by atoms with Gasteiger partial charge < -0.3 is 25.0 Å². The van der Waals surface area contributed by atoms with E-state index in [9.17, 15) is 13.6 Å². The van der Waals surface area contributed by atoms with E-state index >= 15 is 0 Å². The number of likely N-dealkylation sites (tertiary alicyclic amines) is 1. The molecule has 0 aliphatic carbocycles. The molecule has 1 heterocycles. The molecule has 2 rings (SSSR count). The molecule has 0 radical (unpaired) electrons. The van der Waals surface area contributed by atoms with Gasteiger partial charge in [-0.2, -0.15) is 0 Å². The van der Waals surface area contributed by atoms with Crippen molar-refractivity contribution in [3.63, 3.8) is 0 Å². The number of hydrogen-bond acceptors (Lipinski definition) is 4. The summed E-state index contributed by atoms with van der Waals surface area (Å²) in [6.45, 7) is 3.98. The van der Waals surface area contributed by atoms with Gasteiger partial charge in [-0.05, 0) is 31.4 Å². The highest BCUT2D eigenvalue weighted by Gasteiger charge is 2.22. The van der Waals surface area contributed by atoms with Gasteiger partial charge in [-0.3, -0.25) is 4.79 Å². The van der Waals surface area contributed by atoms with E-state index < -0.39 is 11.6 Å². The summed E-state index contributed by atoms with van der Waals surface area (Å²) in [5.41, 5.74) is 0.144. The van der Waals surface area contributed by atoms with Gasteiger partial charge >= 0.3 is 6.03 Å². The number of ether oxygens (including phenoxy) is 1. The lowest BCUT2D eigenvalue weighted by Gasteiger charge is -2.34. The molecule has 1 saturated heterocycles. The predicted octanol–water partition coefficient (Wildman–Crippen LogP) is 2.17. The molecule has 1 unspecified atom stereocenters. The molecule has 28 heavy (non-hydrogen) atoms. The highest BCUT2D eigenvalue weighted by atomic mass is 19.2. The van der Waals surface area contributed by atoms with Crippen LogP contribution in [0.15, 0.2) is 18.2 Å². The summed E-state index contributed by atoms with van der Waals surface area (Å²) in [6.07, 6.45) is 2.19. The molecule has 9 heteroatoms. The first-order valence-electron chi connectivity index (χ1n) is 9.13. The number of carbonyl (C=O) groups is 2. The fraction of sp³-hybridized carbons (Fsp3) is 0.579. The number of hydrogen-bond donors (Lipinski definition) is 2. The third-order valence-corrected chi connectivity index (χ3v) is 4.56. The lowest BCUT2D eigenvalue weighted by Crippen LogP contribution is -2.45. The summed E-state index contributed by atoms with van der Waals surface area (Å²) in [6, 6.07) is 3.68. The van der Waals surface area contributed by atoms with Gasteiger partial charge in [-0.15, -0.1) is 0 Å². The van der Waals surface area contributed by atoms with Crippen LogP contribution < -0.4 is 5.32 Å². The van der Waals surface area contributed by atoms with E-state index in [-0.39, 0.29) is 24.6 Å². The monoisotopic (exact) mass is 401 g/mol. The van der Waals surface area contributed by atoms with Gasteiger partial charge in [0.1, 0.15) is 0 Å². The van der Waals surface area contributed by atoms with Crippen molar-refractivity contribution < 1.29 is 28.2 Å². The van der Waals surface area contributed by atoms with Crippen LogP contribution in [0.4, 0.5) is 13.6 Å². The zero-order chi connectivity index (χ0) is 20.9. The van der Waals surface area contributed by atoms with Gasteiger partial charge in [0.25, 0.3) is 6.47 Å². The first kappa shape index (κ1) is 23.8. The van der Waals surface area contributed by atoms with Gasteiger partial charge in [0, 0.05) is 45.9 Å². The number of amides is 2. The summed E-state index contributed by atoms with van der Waals surface area (Å²) in [7, 11) is 3.42. The molecule has 1 aliphatic heterocycles. The van der Waals surface area contributed by atoms with E-state index in [1.807, 2.05) is 0 Å². The number of carboxylic acid groups (broad SMARTS) is 1. The molecule has 158 valence electrons. The molecule has 1 aromatic rings. The fourth-order valence-electron chi connectivity index (χ4n) is 3.18. The Bertz CT molecular complexity index is 619. The second-order valence-electron chi connectivity index (χ2n) is 6.66.